The zero-order valence-electron chi connectivity index (χ0n) is 16.3. The second-order valence-corrected chi connectivity index (χ2v) is 7.31. The number of H-pyrrole nitrogens is 1. The molecule has 2 N–H and O–H groups in total. The standard InChI is InChI=1S/C21H22N6O2/c1-13(2)19(20-22-16-9-5-6-10-17(16)23-20)24-18(28)11-12-27-21(29)14-7-3-4-8-15(14)25-26-27/h3-10,13,19H,11-12H2,1-2H3,(H,22,23)(H,24,28)/t19-/m1/s1. The highest BCUT2D eigenvalue weighted by molar-refractivity contribution is 5.78. The van der Waals surface area contributed by atoms with E-state index in [0.29, 0.717) is 10.9 Å². The molecule has 0 saturated heterocycles. The molecule has 0 aliphatic carbocycles. The van der Waals surface area contributed by atoms with Gasteiger partial charge in [-0.1, -0.05) is 43.3 Å². The molecular formula is C21H22N6O2. The summed E-state index contributed by atoms with van der Waals surface area (Å²) in [6.07, 6.45) is 0.121. The van der Waals surface area contributed by atoms with E-state index in [1.54, 1.807) is 24.3 Å². The van der Waals surface area contributed by atoms with Crippen molar-refractivity contribution in [2.45, 2.75) is 32.9 Å². The number of para-hydroxylation sites is 2. The summed E-state index contributed by atoms with van der Waals surface area (Å²) >= 11 is 0. The minimum Gasteiger partial charge on any atom is -0.346 e. The number of fused-ring (bicyclic) bond motifs is 2. The number of aryl methyl sites for hydroxylation is 1. The first kappa shape index (κ1) is 18.8. The molecule has 4 aromatic rings. The van der Waals surface area contributed by atoms with Gasteiger partial charge in [0.1, 0.15) is 11.3 Å². The third-order valence-electron chi connectivity index (χ3n) is 4.87. The smallest absolute Gasteiger partial charge is 0.277 e. The Morgan fingerprint density at radius 1 is 1.10 bits per heavy atom. The number of benzene rings is 2. The molecule has 4 rings (SSSR count). The summed E-state index contributed by atoms with van der Waals surface area (Å²) in [6, 6.07) is 14.5. The number of hydrogen-bond donors (Lipinski definition) is 2. The molecule has 0 unspecified atom stereocenters. The summed E-state index contributed by atoms with van der Waals surface area (Å²) in [7, 11) is 0. The van der Waals surface area contributed by atoms with Crippen LogP contribution in [0.25, 0.3) is 21.9 Å². The van der Waals surface area contributed by atoms with Gasteiger partial charge < -0.3 is 10.3 Å². The van der Waals surface area contributed by atoms with E-state index in [0.717, 1.165) is 16.9 Å². The summed E-state index contributed by atoms with van der Waals surface area (Å²) in [5, 5.41) is 11.5. The Labute approximate surface area is 167 Å². The fourth-order valence-electron chi connectivity index (χ4n) is 3.29. The molecule has 8 nitrogen and oxygen atoms in total. The second-order valence-electron chi connectivity index (χ2n) is 7.31. The molecule has 1 amide bonds. The number of aromatic amines is 1. The number of carbonyl (C=O) groups excluding carboxylic acids is 1. The lowest BCUT2D eigenvalue weighted by molar-refractivity contribution is -0.122. The van der Waals surface area contributed by atoms with E-state index in [-0.39, 0.29) is 36.4 Å². The number of aromatic nitrogens is 5. The first-order chi connectivity index (χ1) is 14.0. The van der Waals surface area contributed by atoms with Gasteiger partial charge in [0.15, 0.2) is 0 Å². The first-order valence-corrected chi connectivity index (χ1v) is 9.59. The minimum absolute atomic E-state index is 0.121. The number of carbonyl (C=O) groups is 1. The van der Waals surface area contributed by atoms with Crippen molar-refractivity contribution < 1.29 is 4.79 Å². The molecule has 0 bridgehead atoms. The van der Waals surface area contributed by atoms with E-state index in [4.69, 9.17) is 0 Å². The molecule has 29 heavy (non-hydrogen) atoms. The Morgan fingerprint density at radius 2 is 1.83 bits per heavy atom. The van der Waals surface area contributed by atoms with Crippen LogP contribution in [0.2, 0.25) is 0 Å². The molecule has 0 saturated carbocycles. The van der Waals surface area contributed by atoms with Crippen LogP contribution in [0.4, 0.5) is 0 Å². The van der Waals surface area contributed by atoms with Crippen LogP contribution >= 0.6 is 0 Å². The lowest BCUT2D eigenvalue weighted by atomic mass is 10.0. The number of hydrogen-bond acceptors (Lipinski definition) is 5. The Bertz CT molecular complexity index is 1190. The van der Waals surface area contributed by atoms with Crippen LogP contribution in [0.3, 0.4) is 0 Å². The monoisotopic (exact) mass is 390 g/mol. The van der Waals surface area contributed by atoms with Crippen molar-refractivity contribution >= 4 is 27.8 Å². The molecular weight excluding hydrogens is 368 g/mol. The number of rotatable bonds is 6. The van der Waals surface area contributed by atoms with Gasteiger partial charge in [0, 0.05) is 6.42 Å². The molecule has 2 heterocycles. The highest BCUT2D eigenvalue weighted by atomic mass is 16.2. The predicted molar refractivity (Wildman–Crippen MR) is 110 cm³/mol. The minimum atomic E-state index is -0.255. The molecule has 0 spiro atoms. The van der Waals surface area contributed by atoms with Crippen molar-refractivity contribution in [3.63, 3.8) is 0 Å². The Kier molecular flexibility index (Phi) is 5.07. The van der Waals surface area contributed by atoms with Crippen molar-refractivity contribution in [2.75, 3.05) is 0 Å². The zero-order chi connectivity index (χ0) is 20.4. The third-order valence-corrected chi connectivity index (χ3v) is 4.87. The summed E-state index contributed by atoms with van der Waals surface area (Å²) in [5.41, 5.74) is 2.09. The van der Waals surface area contributed by atoms with E-state index < -0.39 is 0 Å². The SMILES string of the molecule is CC(C)[C@@H](NC(=O)CCn1nnc2ccccc2c1=O)c1nc2ccccc2[nH]1. The average molecular weight is 390 g/mol. The van der Waals surface area contributed by atoms with E-state index in [1.807, 2.05) is 38.1 Å². The fourth-order valence-corrected chi connectivity index (χ4v) is 3.29. The summed E-state index contributed by atoms with van der Waals surface area (Å²) in [4.78, 5) is 33.0. The van der Waals surface area contributed by atoms with Gasteiger partial charge in [-0.3, -0.25) is 9.59 Å². The Hall–Kier alpha value is -3.55. The van der Waals surface area contributed by atoms with Gasteiger partial charge in [-0.05, 0) is 30.2 Å². The van der Waals surface area contributed by atoms with E-state index in [2.05, 4.69) is 25.6 Å². The second kappa shape index (κ2) is 7.83. The van der Waals surface area contributed by atoms with Crippen molar-refractivity contribution in [3.8, 4) is 0 Å². The third kappa shape index (κ3) is 3.87. The van der Waals surface area contributed by atoms with Crippen molar-refractivity contribution in [1.82, 2.24) is 30.3 Å². The maximum atomic E-state index is 12.6. The highest BCUT2D eigenvalue weighted by Crippen LogP contribution is 2.22. The van der Waals surface area contributed by atoms with Gasteiger partial charge in [-0.2, -0.15) is 0 Å². The topological polar surface area (TPSA) is 106 Å². The lowest BCUT2D eigenvalue weighted by Crippen LogP contribution is -2.34. The van der Waals surface area contributed by atoms with E-state index in [1.165, 1.54) is 4.68 Å². The Morgan fingerprint density at radius 3 is 2.59 bits per heavy atom. The van der Waals surface area contributed by atoms with Gasteiger partial charge in [0.2, 0.25) is 5.91 Å². The fraction of sp³-hybridized carbons (Fsp3) is 0.286. The first-order valence-electron chi connectivity index (χ1n) is 9.59. The van der Waals surface area contributed by atoms with Crippen molar-refractivity contribution in [3.05, 3.63) is 64.7 Å². The van der Waals surface area contributed by atoms with E-state index in [9.17, 15) is 9.59 Å². The van der Waals surface area contributed by atoms with Gasteiger partial charge in [0.25, 0.3) is 5.56 Å². The van der Waals surface area contributed by atoms with Gasteiger partial charge in [0.05, 0.1) is 29.0 Å². The van der Waals surface area contributed by atoms with Gasteiger partial charge in [-0.25, -0.2) is 9.67 Å². The average Bonchev–Trinajstić information content (AvgIpc) is 3.15. The van der Waals surface area contributed by atoms with Crippen LogP contribution in [0, 0.1) is 5.92 Å². The maximum Gasteiger partial charge on any atom is 0.277 e. The normalized spacial score (nSPS) is 12.5. The molecule has 1 atom stereocenters. The van der Waals surface area contributed by atoms with E-state index >= 15 is 0 Å². The molecule has 0 aliphatic heterocycles. The molecule has 8 heteroatoms. The van der Waals surface area contributed by atoms with Crippen molar-refractivity contribution in [1.29, 1.82) is 0 Å². The van der Waals surface area contributed by atoms with Crippen LogP contribution in [-0.2, 0) is 11.3 Å². The molecule has 2 aromatic heterocycles. The summed E-state index contributed by atoms with van der Waals surface area (Å²) < 4.78 is 1.23. The number of nitrogens with one attached hydrogen (secondary N) is 2. The Balaban J connectivity index is 1.48. The maximum absolute atomic E-state index is 12.6. The van der Waals surface area contributed by atoms with Crippen LogP contribution in [0.5, 0.6) is 0 Å². The molecule has 0 aliphatic rings. The molecule has 2 aromatic carbocycles. The highest BCUT2D eigenvalue weighted by Gasteiger charge is 2.22. The molecule has 0 fully saturated rings. The quantitative estimate of drug-likeness (QED) is 0.526. The van der Waals surface area contributed by atoms with Crippen LogP contribution in [-0.4, -0.2) is 30.9 Å². The molecule has 148 valence electrons. The number of amides is 1. The largest absolute Gasteiger partial charge is 0.346 e. The van der Waals surface area contributed by atoms with Crippen LogP contribution in [0.1, 0.15) is 32.1 Å². The predicted octanol–water partition coefficient (Wildman–Crippen LogP) is 2.57. The number of imidazole rings is 1. The summed E-state index contributed by atoms with van der Waals surface area (Å²) in [6.45, 7) is 4.21. The number of nitrogens with zero attached hydrogens (tertiary/aromatic N) is 4. The zero-order valence-corrected chi connectivity index (χ0v) is 16.3. The molecule has 0 radical (unpaired) electrons. The lowest BCUT2D eigenvalue weighted by Gasteiger charge is -2.20. The van der Waals surface area contributed by atoms with Crippen LogP contribution in [0.15, 0.2) is 53.3 Å². The van der Waals surface area contributed by atoms with Crippen molar-refractivity contribution in [2.24, 2.45) is 5.92 Å². The van der Waals surface area contributed by atoms with Crippen LogP contribution < -0.4 is 10.9 Å². The van der Waals surface area contributed by atoms with Gasteiger partial charge >= 0.3 is 0 Å². The van der Waals surface area contributed by atoms with Gasteiger partial charge in [-0.15, -0.1) is 5.10 Å². The summed E-state index contributed by atoms with van der Waals surface area (Å²) in [5.74, 6) is 0.686.